The van der Waals surface area contributed by atoms with E-state index in [0.717, 1.165) is 5.56 Å². The van der Waals surface area contributed by atoms with Crippen LogP contribution in [0, 0.1) is 0 Å². The number of nitrogens with zero attached hydrogens (tertiary/aromatic N) is 1. The zero-order chi connectivity index (χ0) is 9.84. The van der Waals surface area contributed by atoms with Gasteiger partial charge in [0.15, 0.2) is 0 Å². The maximum absolute atomic E-state index is 8.34. The average Bonchev–Trinajstić information content (AvgIpc) is 2.11. The van der Waals surface area contributed by atoms with Crippen molar-refractivity contribution in [2.75, 3.05) is 0 Å². The molecule has 1 aromatic rings. The molecule has 1 rings (SSSR count). The van der Waals surface area contributed by atoms with Gasteiger partial charge in [0.05, 0.1) is 0 Å². The molecule has 70 valence electrons. The molecule has 0 saturated carbocycles. The maximum Gasteiger partial charge on any atom is 0.143 e. The van der Waals surface area contributed by atoms with E-state index in [0.29, 0.717) is 10.0 Å². The van der Waals surface area contributed by atoms with Crippen molar-refractivity contribution in [2.24, 2.45) is 10.9 Å². The van der Waals surface area contributed by atoms with Crippen molar-refractivity contribution < 1.29 is 5.21 Å². The van der Waals surface area contributed by atoms with E-state index in [1.165, 1.54) is 0 Å². The first kappa shape index (κ1) is 10.2. The van der Waals surface area contributed by atoms with Crippen molar-refractivity contribution in [1.82, 2.24) is 0 Å². The van der Waals surface area contributed by atoms with E-state index in [-0.39, 0.29) is 12.3 Å². The van der Waals surface area contributed by atoms with Gasteiger partial charge in [-0.1, -0.05) is 28.4 Å². The molecule has 13 heavy (non-hydrogen) atoms. The Balaban J connectivity index is 2.94. The number of amidine groups is 1. The highest BCUT2D eigenvalue weighted by molar-refractivity contribution is 6.33. The Morgan fingerprint density at radius 1 is 1.46 bits per heavy atom. The van der Waals surface area contributed by atoms with Crippen LogP contribution in [0.4, 0.5) is 0 Å². The van der Waals surface area contributed by atoms with Crippen LogP contribution < -0.4 is 5.73 Å². The first-order valence-electron chi connectivity index (χ1n) is 3.54. The van der Waals surface area contributed by atoms with Crippen LogP contribution in [0.3, 0.4) is 0 Å². The first-order chi connectivity index (χ1) is 6.13. The fourth-order valence-corrected chi connectivity index (χ4v) is 1.29. The van der Waals surface area contributed by atoms with Gasteiger partial charge in [0.1, 0.15) is 5.84 Å². The van der Waals surface area contributed by atoms with Crippen molar-refractivity contribution in [3.63, 3.8) is 0 Å². The van der Waals surface area contributed by atoms with Crippen molar-refractivity contribution in [3.05, 3.63) is 33.8 Å². The molecule has 0 unspecified atom stereocenters. The standard InChI is InChI=1S/C8H8Cl2N2O/c9-6-1-2-7(10)5(3-6)4-8(11)12-13/h1-3,13H,4H2,(H2,11,12). The van der Waals surface area contributed by atoms with Crippen LogP contribution in [-0.2, 0) is 6.42 Å². The number of nitrogens with two attached hydrogens (primary N) is 1. The highest BCUT2D eigenvalue weighted by Crippen LogP contribution is 2.20. The van der Waals surface area contributed by atoms with Crippen molar-refractivity contribution >= 4 is 29.0 Å². The van der Waals surface area contributed by atoms with Gasteiger partial charge in [-0.25, -0.2) is 0 Å². The predicted octanol–water partition coefficient (Wildman–Crippen LogP) is 2.28. The summed E-state index contributed by atoms with van der Waals surface area (Å²) in [6.45, 7) is 0. The fraction of sp³-hybridized carbons (Fsp3) is 0.125. The second-order valence-corrected chi connectivity index (χ2v) is 3.35. The normalized spacial score (nSPS) is 11.7. The van der Waals surface area contributed by atoms with Gasteiger partial charge in [0.25, 0.3) is 0 Å². The van der Waals surface area contributed by atoms with E-state index < -0.39 is 0 Å². The largest absolute Gasteiger partial charge is 0.409 e. The minimum Gasteiger partial charge on any atom is -0.409 e. The van der Waals surface area contributed by atoms with Crippen LogP contribution in [0.25, 0.3) is 0 Å². The summed E-state index contributed by atoms with van der Waals surface area (Å²) < 4.78 is 0. The maximum atomic E-state index is 8.34. The monoisotopic (exact) mass is 218 g/mol. The second-order valence-electron chi connectivity index (χ2n) is 2.50. The smallest absolute Gasteiger partial charge is 0.143 e. The van der Waals surface area contributed by atoms with E-state index in [1.54, 1.807) is 18.2 Å². The molecule has 0 heterocycles. The second kappa shape index (κ2) is 4.35. The summed E-state index contributed by atoms with van der Waals surface area (Å²) in [4.78, 5) is 0. The summed E-state index contributed by atoms with van der Waals surface area (Å²) in [7, 11) is 0. The van der Waals surface area contributed by atoms with Crippen LogP contribution in [-0.4, -0.2) is 11.0 Å². The lowest BCUT2D eigenvalue weighted by Crippen LogP contribution is -2.14. The summed E-state index contributed by atoms with van der Waals surface area (Å²) >= 11 is 11.6. The number of oxime groups is 1. The number of hydrogen-bond acceptors (Lipinski definition) is 2. The Labute approximate surface area is 85.8 Å². The molecule has 0 saturated heterocycles. The lowest BCUT2D eigenvalue weighted by Gasteiger charge is -2.02. The van der Waals surface area contributed by atoms with Crippen molar-refractivity contribution in [3.8, 4) is 0 Å². The molecule has 0 aliphatic carbocycles. The Morgan fingerprint density at radius 2 is 2.15 bits per heavy atom. The third kappa shape index (κ3) is 2.79. The zero-order valence-corrected chi connectivity index (χ0v) is 8.18. The van der Waals surface area contributed by atoms with Crippen LogP contribution >= 0.6 is 23.2 Å². The van der Waals surface area contributed by atoms with E-state index in [2.05, 4.69) is 5.16 Å². The highest BCUT2D eigenvalue weighted by atomic mass is 35.5. The summed E-state index contributed by atoms with van der Waals surface area (Å²) in [6.07, 6.45) is 0.288. The van der Waals surface area contributed by atoms with Crippen LogP contribution in [0.5, 0.6) is 0 Å². The highest BCUT2D eigenvalue weighted by Gasteiger charge is 2.03. The minimum absolute atomic E-state index is 0.101. The van der Waals surface area contributed by atoms with Crippen molar-refractivity contribution in [1.29, 1.82) is 0 Å². The van der Waals surface area contributed by atoms with Crippen LogP contribution in [0.15, 0.2) is 23.4 Å². The van der Waals surface area contributed by atoms with E-state index in [1.807, 2.05) is 0 Å². The van der Waals surface area contributed by atoms with E-state index >= 15 is 0 Å². The Bertz CT molecular complexity index is 339. The van der Waals surface area contributed by atoms with Gasteiger partial charge >= 0.3 is 0 Å². The van der Waals surface area contributed by atoms with Gasteiger partial charge < -0.3 is 10.9 Å². The number of benzene rings is 1. The zero-order valence-electron chi connectivity index (χ0n) is 6.67. The molecule has 0 radical (unpaired) electrons. The van der Waals surface area contributed by atoms with Gasteiger partial charge in [-0.2, -0.15) is 0 Å². The molecule has 0 aliphatic rings. The van der Waals surface area contributed by atoms with Gasteiger partial charge in [-0.3, -0.25) is 0 Å². The number of hydrogen-bond donors (Lipinski definition) is 2. The Hall–Kier alpha value is -0.930. The third-order valence-electron chi connectivity index (χ3n) is 1.51. The quantitative estimate of drug-likeness (QED) is 0.347. The molecule has 0 amide bonds. The Kier molecular flexibility index (Phi) is 3.39. The molecule has 0 aliphatic heterocycles. The SMILES string of the molecule is NC(Cc1cc(Cl)ccc1Cl)=NO. The molecule has 5 heteroatoms. The third-order valence-corrected chi connectivity index (χ3v) is 2.11. The number of halogens is 2. The topological polar surface area (TPSA) is 58.6 Å². The molecule has 0 atom stereocenters. The first-order valence-corrected chi connectivity index (χ1v) is 4.29. The summed E-state index contributed by atoms with van der Waals surface area (Å²) in [5.41, 5.74) is 6.06. The van der Waals surface area contributed by atoms with E-state index in [9.17, 15) is 0 Å². The number of rotatable bonds is 2. The molecular formula is C8H8Cl2N2O. The van der Waals surface area contributed by atoms with Crippen molar-refractivity contribution in [2.45, 2.75) is 6.42 Å². The van der Waals surface area contributed by atoms with E-state index in [4.69, 9.17) is 34.1 Å². The minimum atomic E-state index is 0.101. The molecule has 1 aromatic carbocycles. The molecule has 0 bridgehead atoms. The molecular weight excluding hydrogens is 211 g/mol. The van der Waals surface area contributed by atoms with Gasteiger partial charge in [0.2, 0.25) is 0 Å². The molecule has 3 N–H and O–H groups in total. The lowest BCUT2D eigenvalue weighted by atomic mass is 10.1. The lowest BCUT2D eigenvalue weighted by molar-refractivity contribution is 0.317. The van der Waals surface area contributed by atoms with Gasteiger partial charge in [-0.15, -0.1) is 0 Å². The predicted molar refractivity (Wildman–Crippen MR) is 53.6 cm³/mol. The average molecular weight is 219 g/mol. The Morgan fingerprint density at radius 3 is 2.77 bits per heavy atom. The molecule has 0 fully saturated rings. The van der Waals surface area contributed by atoms with Crippen LogP contribution in [0.1, 0.15) is 5.56 Å². The summed E-state index contributed by atoms with van der Waals surface area (Å²) in [5.74, 6) is 0.101. The summed E-state index contributed by atoms with van der Waals surface area (Å²) in [5, 5.41) is 12.3. The molecule has 0 aromatic heterocycles. The van der Waals surface area contributed by atoms with Gasteiger partial charge in [0, 0.05) is 16.5 Å². The summed E-state index contributed by atoms with van der Waals surface area (Å²) in [6, 6.07) is 5.03. The van der Waals surface area contributed by atoms with Gasteiger partial charge in [-0.05, 0) is 23.8 Å². The molecule has 0 spiro atoms. The fourth-order valence-electron chi connectivity index (χ4n) is 0.909. The molecule has 3 nitrogen and oxygen atoms in total. The van der Waals surface area contributed by atoms with Crippen LogP contribution in [0.2, 0.25) is 10.0 Å².